The first-order valence-corrected chi connectivity index (χ1v) is 17.4. The van der Waals surface area contributed by atoms with Crippen LogP contribution in [0.15, 0.2) is 23.3 Å². The molecule has 4 aliphatic carbocycles. The summed E-state index contributed by atoms with van der Waals surface area (Å²) in [5.41, 5.74) is 2.36. The lowest BCUT2D eigenvalue weighted by Crippen LogP contribution is -2.54. The Morgan fingerprint density at radius 3 is 2.36 bits per heavy atom. The van der Waals surface area contributed by atoms with Gasteiger partial charge >= 0.3 is 12.3 Å². The van der Waals surface area contributed by atoms with E-state index in [0.29, 0.717) is 43.3 Å². The Labute approximate surface area is 271 Å². The third kappa shape index (κ3) is 7.42. The Balaban J connectivity index is 1.58. The zero-order chi connectivity index (χ0) is 33.0. The van der Waals surface area contributed by atoms with Gasteiger partial charge in [0.15, 0.2) is 0 Å². The van der Waals surface area contributed by atoms with E-state index in [-0.39, 0.29) is 22.3 Å². The van der Waals surface area contributed by atoms with E-state index in [1.807, 2.05) is 0 Å². The van der Waals surface area contributed by atoms with Gasteiger partial charge in [0.05, 0.1) is 19.8 Å². The zero-order valence-electron chi connectivity index (χ0n) is 29.4. The molecule has 0 saturated heterocycles. The molecule has 0 aromatic heterocycles. The van der Waals surface area contributed by atoms with Gasteiger partial charge in [0.1, 0.15) is 19.0 Å². The van der Waals surface area contributed by atoms with Gasteiger partial charge in [-0.25, -0.2) is 9.59 Å². The molecule has 0 aliphatic heterocycles. The van der Waals surface area contributed by atoms with E-state index in [9.17, 15) is 9.59 Å². The molecule has 8 nitrogen and oxygen atoms in total. The molecule has 0 unspecified atom stereocenters. The smallest absolute Gasteiger partial charge is 0.438 e. The Morgan fingerprint density at radius 2 is 1.69 bits per heavy atom. The summed E-state index contributed by atoms with van der Waals surface area (Å²) >= 11 is 0. The van der Waals surface area contributed by atoms with Gasteiger partial charge in [-0.1, -0.05) is 70.3 Å². The molecule has 0 bridgehead atoms. The standard InChI is InChI=1S/C37H60O8/c1-10-11-12-25(17-19-35(3,4)43-23-40-7)24(2)29-15-16-30-28-14-13-26-21-27(44-33(38)41-8)22-32(45-34(39)42-9)37(26,6)31(28)18-20-36(29,30)5/h13-14,24-25,27,29-32H,10-12,15-23H2,1-9H3/t24-,25+,27+,29+,30-,31-,32-,36+,37-/m0/s1. The van der Waals surface area contributed by atoms with Gasteiger partial charge in [0.25, 0.3) is 0 Å². The quantitative estimate of drug-likeness (QED) is 0.147. The summed E-state index contributed by atoms with van der Waals surface area (Å²) in [7, 11) is 4.33. The fourth-order valence-electron chi connectivity index (χ4n) is 9.81. The molecule has 3 fully saturated rings. The Morgan fingerprint density at radius 1 is 0.978 bits per heavy atom. The van der Waals surface area contributed by atoms with Crippen molar-refractivity contribution in [1.29, 1.82) is 0 Å². The molecule has 45 heavy (non-hydrogen) atoms. The highest BCUT2D eigenvalue weighted by molar-refractivity contribution is 5.61. The minimum atomic E-state index is -0.712. The van der Waals surface area contributed by atoms with Gasteiger partial charge in [0.2, 0.25) is 0 Å². The number of carbonyl (C=O) groups excluding carboxylic acids is 2. The summed E-state index contributed by atoms with van der Waals surface area (Å²) in [6, 6.07) is 0. The summed E-state index contributed by atoms with van der Waals surface area (Å²) in [6.45, 7) is 14.4. The number of rotatable bonds is 13. The van der Waals surface area contributed by atoms with Gasteiger partial charge in [-0.15, -0.1) is 0 Å². The van der Waals surface area contributed by atoms with Crippen molar-refractivity contribution in [3.8, 4) is 0 Å². The lowest BCUT2D eigenvalue weighted by Gasteiger charge is -2.57. The van der Waals surface area contributed by atoms with Crippen molar-refractivity contribution >= 4 is 12.3 Å². The average molecular weight is 633 g/mol. The van der Waals surface area contributed by atoms with E-state index >= 15 is 0 Å². The van der Waals surface area contributed by atoms with Crippen LogP contribution in [0.25, 0.3) is 0 Å². The molecule has 0 amide bonds. The van der Waals surface area contributed by atoms with E-state index in [0.717, 1.165) is 19.3 Å². The first-order chi connectivity index (χ1) is 21.3. The van der Waals surface area contributed by atoms with Gasteiger partial charge in [0, 0.05) is 25.4 Å². The van der Waals surface area contributed by atoms with Crippen LogP contribution >= 0.6 is 0 Å². The van der Waals surface area contributed by atoms with E-state index in [1.54, 1.807) is 7.11 Å². The van der Waals surface area contributed by atoms with Crippen molar-refractivity contribution in [3.05, 3.63) is 23.3 Å². The molecule has 0 spiro atoms. The minimum Gasteiger partial charge on any atom is -0.438 e. The van der Waals surface area contributed by atoms with Crippen LogP contribution in [-0.2, 0) is 28.4 Å². The Bertz CT molecular complexity index is 1100. The molecule has 4 aliphatic rings. The number of allylic oxidation sites excluding steroid dienone is 3. The second-order valence-corrected chi connectivity index (χ2v) is 15.3. The summed E-state index contributed by atoms with van der Waals surface area (Å²) in [5.74, 6) is 2.75. The predicted molar refractivity (Wildman–Crippen MR) is 174 cm³/mol. The molecule has 9 atom stereocenters. The van der Waals surface area contributed by atoms with Crippen LogP contribution in [0.1, 0.15) is 112 Å². The molecular weight excluding hydrogens is 572 g/mol. The molecule has 0 N–H and O–H groups in total. The number of hydrogen-bond donors (Lipinski definition) is 0. The molecule has 4 rings (SSSR count). The number of fused-ring (bicyclic) bond motifs is 5. The summed E-state index contributed by atoms with van der Waals surface area (Å²) < 4.78 is 32.5. The highest BCUT2D eigenvalue weighted by Gasteiger charge is 2.60. The van der Waals surface area contributed by atoms with E-state index < -0.39 is 24.5 Å². The number of unbranched alkanes of at least 4 members (excludes halogenated alkanes) is 1. The molecule has 0 aromatic rings. The SMILES string of the molecule is CCCC[C@H](CCC(C)(C)OCOC)[C@H](C)[C@H]1CC[C@H]2C3=CC=C4C[C@@H](OC(=O)OC)C[C@H](OC(=O)OC)[C@]4(C)[C@H]3CC[C@]12C. The monoisotopic (exact) mass is 632 g/mol. The third-order valence-electron chi connectivity index (χ3n) is 12.5. The van der Waals surface area contributed by atoms with E-state index in [4.69, 9.17) is 28.4 Å². The van der Waals surface area contributed by atoms with Crippen LogP contribution in [0.3, 0.4) is 0 Å². The van der Waals surface area contributed by atoms with Crippen molar-refractivity contribution in [2.24, 2.45) is 40.4 Å². The van der Waals surface area contributed by atoms with Crippen molar-refractivity contribution in [2.75, 3.05) is 28.1 Å². The molecular formula is C37H60O8. The van der Waals surface area contributed by atoms with Crippen LogP contribution in [0.5, 0.6) is 0 Å². The second-order valence-electron chi connectivity index (χ2n) is 15.3. The Kier molecular flexibility index (Phi) is 11.8. The number of carbonyl (C=O) groups is 2. The highest BCUT2D eigenvalue weighted by Crippen LogP contribution is 2.67. The van der Waals surface area contributed by atoms with Gasteiger partial charge < -0.3 is 28.4 Å². The molecule has 256 valence electrons. The van der Waals surface area contributed by atoms with E-state index in [2.05, 4.69) is 53.7 Å². The minimum absolute atomic E-state index is 0.198. The van der Waals surface area contributed by atoms with Crippen LogP contribution in [0.2, 0.25) is 0 Å². The normalized spacial score (nSPS) is 33.8. The number of ether oxygens (including phenoxy) is 6. The average Bonchev–Trinajstić information content (AvgIpc) is 3.37. The lowest BCUT2D eigenvalue weighted by atomic mass is 9.49. The van der Waals surface area contributed by atoms with E-state index in [1.165, 1.54) is 63.9 Å². The van der Waals surface area contributed by atoms with Crippen molar-refractivity contribution < 1.29 is 38.0 Å². The zero-order valence-corrected chi connectivity index (χ0v) is 29.4. The predicted octanol–water partition coefficient (Wildman–Crippen LogP) is 9.02. The van der Waals surface area contributed by atoms with Crippen LogP contribution in [-0.4, -0.2) is 58.2 Å². The number of methoxy groups -OCH3 is 3. The Hall–Kier alpha value is -2.06. The maximum absolute atomic E-state index is 12.5. The maximum atomic E-state index is 12.5. The van der Waals surface area contributed by atoms with Gasteiger partial charge in [-0.3, -0.25) is 0 Å². The fourth-order valence-corrected chi connectivity index (χ4v) is 9.81. The second kappa shape index (κ2) is 14.8. The lowest BCUT2D eigenvalue weighted by molar-refractivity contribution is -0.120. The number of hydrogen-bond acceptors (Lipinski definition) is 8. The molecule has 0 radical (unpaired) electrons. The van der Waals surface area contributed by atoms with Crippen molar-refractivity contribution in [3.63, 3.8) is 0 Å². The third-order valence-corrected chi connectivity index (χ3v) is 12.5. The van der Waals surface area contributed by atoms with Crippen molar-refractivity contribution in [1.82, 2.24) is 0 Å². The van der Waals surface area contributed by atoms with Gasteiger partial charge in [-0.05, 0) is 87.4 Å². The molecule has 0 aromatic carbocycles. The summed E-state index contributed by atoms with van der Waals surface area (Å²) in [4.78, 5) is 24.5. The van der Waals surface area contributed by atoms with Crippen LogP contribution in [0.4, 0.5) is 9.59 Å². The van der Waals surface area contributed by atoms with Crippen molar-refractivity contribution in [2.45, 2.75) is 130 Å². The molecule has 3 saturated carbocycles. The topological polar surface area (TPSA) is 89.5 Å². The first kappa shape index (κ1) is 35.8. The molecule has 8 heteroatoms. The fraction of sp³-hybridized carbons (Fsp3) is 0.838. The largest absolute Gasteiger partial charge is 0.508 e. The van der Waals surface area contributed by atoms with Crippen LogP contribution < -0.4 is 0 Å². The summed E-state index contributed by atoms with van der Waals surface area (Å²) in [6.07, 6.45) is 14.0. The highest BCUT2D eigenvalue weighted by atomic mass is 16.7. The molecule has 0 heterocycles. The first-order valence-electron chi connectivity index (χ1n) is 17.4. The summed E-state index contributed by atoms with van der Waals surface area (Å²) in [5, 5.41) is 0. The maximum Gasteiger partial charge on any atom is 0.508 e. The van der Waals surface area contributed by atoms with Gasteiger partial charge in [-0.2, -0.15) is 0 Å². The van der Waals surface area contributed by atoms with Crippen LogP contribution in [0, 0.1) is 40.4 Å².